The molecule has 0 fully saturated rings. The van der Waals surface area contributed by atoms with Gasteiger partial charge in [-0.15, -0.1) is 24.0 Å². The molecule has 2 aromatic carbocycles. The smallest absolute Gasteiger partial charge is 0.193 e. The summed E-state index contributed by atoms with van der Waals surface area (Å²) in [6.07, 6.45) is 0.134. The molecule has 154 valence electrons. The van der Waals surface area contributed by atoms with Crippen LogP contribution in [0.4, 0.5) is 5.69 Å². The summed E-state index contributed by atoms with van der Waals surface area (Å²) in [6.45, 7) is 4.26. The van der Waals surface area contributed by atoms with Gasteiger partial charge in [-0.25, -0.2) is 9.98 Å². The standard InChI is InChI=1S/C20H24N6O2.HI/c1-13(2)28-17-10-6-15(7-11-17)23-20(21)22-12-18-24-19(26-25-18)14-4-8-16(27-3)9-5-14;/h4-11,13H,12H2,1-3H3,(H3,21,22,23)(H,24,25,26);1H. The van der Waals surface area contributed by atoms with Crippen molar-refractivity contribution in [2.75, 3.05) is 12.4 Å². The maximum absolute atomic E-state index is 5.95. The highest BCUT2D eigenvalue weighted by atomic mass is 127. The van der Waals surface area contributed by atoms with Crippen molar-refractivity contribution in [2.24, 2.45) is 10.7 Å². The first-order valence-corrected chi connectivity index (χ1v) is 8.93. The molecule has 0 aliphatic heterocycles. The minimum atomic E-state index is 0. The van der Waals surface area contributed by atoms with E-state index in [1.807, 2.05) is 62.4 Å². The SMILES string of the molecule is COc1ccc(-c2n[nH]c(CN=C(N)Nc3ccc(OC(C)C)cc3)n2)cc1.I. The molecular weight excluding hydrogens is 483 g/mol. The van der Waals surface area contributed by atoms with Crippen LogP contribution in [-0.2, 0) is 6.54 Å². The molecular formula is C20H25IN6O2. The molecule has 29 heavy (non-hydrogen) atoms. The van der Waals surface area contributed by atoms with Crippen LogP contribution in [0, 0.1) is 0 Å². The first-order valence-electron chi connectivity index (χ1n) is 8.93. The Bertz CT molecular complexity index is 923. The largest absolute Gasteiger partial charge is 0.497 e. The lowest BCUT2D eigenvalue weighted by Crippen LogP contribution is -2.22. The highest BCUT2D eigenvalue weighted by Crippen LogP contribution is 2.19. The first kappa shape index (κ1) is 22.5. The molecule has 8 nitrogen and oxygen atoms in total. The van der Waals surface area contributed by atoms with E-state index in [2.05, 4.69) is 25.5 Å². The number of anilines is 1. The van der Waals surface area contributed by atoms with E-state index in [0.29, 0.717) is 17.6 Å². The number of aromatic amines is 1. The Labute approximate surface area is 187 Å². The second-order valence-electron chi connectivity index (χ2n) is 6.35. The third-order valence-electron chi connectivity index (χ3n) is 3.78. The quantitative estimate of drug-likeness (QED) is 0.254. The van der Waals surface area contributed by atoms with Gasteiger partial charge in [-0.2, -0.15) is 5.10 Å². The van der Waals surface area contributed by atoms with Crippen LogP contribution in [-0.4, -0.2) is 34.4 Å². The van der Waals surface area contributed by atoms with Crippen LogP contribution in [0.3, 0.4) is 0 Å². The highest BCUT2D eigenvalue weighted by molar-refractivity contribution is 14.0. The van der Waals surface area contributed by atoms with Gasteiger partial charge in [-0.1, -0.05) is 0 Å². The number of aliphatic imine (C=N–C) groups is 1. The summed E-state index contributed by atoms with van der Waals surface area (Å²) in [5.41, 5.74) is 7.67. The maximum Gasteiger partial charge on any atom is 0.193 e. The number of guanidine groups is 1. The van der Waals surface area contributed by atoms with E-state index in [1.54, 1.807) is 7.11 Å². The number of halogens is 1. The van der Waals surface area contributed by atoms with Crippen LogP contribution in [0.2, 0.25) is 0 Å². The van der Waals surface area contributed by atoms with E-state index in [0.717, 1.165) is 22.7 Å². The Morgan fingerprint density at radius 3 is 2.38 bits per heavy atom. The molecule has 0 amide bonds. The van der Waals surface area contributed by atoms with E-state index in [4.69, 9.17) is 15.2 Å². The lowest BCUT2D eigenvalue weighted by Gasteiger charge is -2.10. The summed E-state index contributed by atoms with van der Waals surface area (Å²) >= 11 is 0. The van der Waals surface area contributed by atoms with Crippen LogP contribution < -0.4 is 20.5 Å². The number of hydrogen-bond donors (Lipinski definition) is 3. The number of nitrogens with zero attached hydrogens (tertiary/aromatic N) is 3. The molecule has 0 aliphatic rings. The topological polar surface area (TPSA) is 110 Å². The van der Waals surface area contributed by atoms with Gasteiger partial charge in [0, 0.05) is 11.3 Å². The summed E-state index contributed by atoms with van der Waals surface area (Å²) < 4.78 is 10.8. The van der Waals surface area contributed by atoms with Crippen LogP contribution >= 0.6 is 24.0 Å². The number of rotatable bonds is 7. The van der Waals surface area contributed by atoms with Gasteiger partial charge in [-0.05, 0) is 62.4 Å². The molecule has 3 rings (SSSR count). The van der Waals surface area contributed by atoms with Gasteiger partial charge in [0.25, 0.3) is 0 Å². The van der Waals surface area contributed by atoms with Crippen molar-refractivity contribution in [1.29, 1.82) is 0 Å². The molecule has 3 aromatic rings. The predicted octanol–water partition coefficient (Wildman–Crippen LogP) is 3.81. The molecule has 0 spiro atoms. The zero-order chi connectivity index (χ0) is 19.9. The average molecular weight is 508 g/mol. The summed E-state index contributed by atoms with van der Waals surface area (Å²) in [5, 5.41) is 10.1. The molecule has 0 radical (unpaired) electrons. The number of hydrogen-bond acceptors (Lipinski definition) is 5. The molecule has 0 bridgehead atoms. The van der Waals surface area contributed by atoms with Crippen molar-refractivity contribution in [3.63, 3.8) is 0 Å². The fourth-order valence-electron chi connectivity index (χ4n) is 2.47. The van der Waals surface area contributed by atoms with E-state index in [-0.39, 0.29) is 36.6 Å². The Kier molecular flexibility index (Phi) is 8.25. The number of aromatic nitrogens is 3. The van der Waals surface area contributed by atoms with Crippen LogP contribution in [0.5, 0.6) is 11.5 Å². The summed E-state index contributed by atoms with van der Waals surface area (Å²) in [7, 11) is 1.63. The van der Waals surface area contributed by atoms with Crippen LogP contribution in [0.1, 0.15) is 19.7 Å². The van der Waals surface area contributed by atoms with Gasteiger partial charge in [-0.3, -0.25) is 5.10 Å². The monoisotopic (exact) mass is 508 g/mol. The Hall–Kier alpha value is -2.82. The van der Waals surface area contributed by atoms with Crippen molar-refractivity contribution in [1.82, 2.24) is 15.2 Å². The zero-order valence-electron chi connectivity index (χ0n) is 16.5. The fraction of sp³-hybridized carbons (Fsp3) is 0.250. The second-order valence-corrected chi connectivity index (χ2v) is 6.35. The van der Waals surface area contributed by atoms with Crippen molar-refractivity contribution in [3.8, 4) is 22.9 Å². The predicted molar refractivity (Wildman–Crippen MR) is 125 cm³/mol. The number of ether oxygens (including phenoxy) is 2. The van der Waals surface area contributed by atoms with Gasteiger partial charge < -0.3 is 20.5 Å². The fourth-order valence-corrected chi connectivity index (χ4v) is 2.47. The van der Waals surface area contributed by atoms with Crippen molar-refractivity contribution in [2.45, 2.75) is 26.5 Å². The van der Waals surface area contributed by atoms with Gasteiger partial charge in [0.2, 0.25) is 0 Å². The number of nitrogens with one attached hydrogen (secondary N) is 2. The van der Waals surface area contributed by atoms with Crippen LogP contribution in [0.25, 0.3) is 11.4 Å². The molecule has 0 saturated carbocycles. The number of benzene rings is 2. The molecule has 0 saturated heterocycles. The maximum atomic E-state index is 5.95. The summed E-state index contributed by atoms with van der Waals surface area (Å²) in [4.78, 5) is 8.73. The molecule has 0 atom stereocenters. The van der Waals surface area contributed by atoms with E-state index in [1.165, 1.54) is 0 Å². The van der Waals surface area contributed by atoms with Gasteiger partial charge in [0.1, 0.15) is 23.9 Å². The van der Waals surface area contributed by atoms with Crippen molar-refractivity contribution >= 4 is 35.6 Å². The second kappa shape index (κ2) is 10.6. The van der Waals surface area contributed by atoms with E-state index < -0.39 is 0 Å². The number of nitrogens with two attached hydrogens (primary N) is 1. The molecule has 1 heterocycles. The lowest BCUT2D eigenvalue weighted by molar-refractivity contribution is 0.242. The normalized spacial score (nSPS) is 11.1. The summed E-state index contributed by atoms with van der Waals surface area (Å²) in [6, 6.07) is 15.1. The molecule has 4 N–H and O–H groups in total. The van der Waals surface area contributed by atoms with Crippen molar-refractivity contribution < 1.29 is 9.47 Å². The lowest BCUT2D eigenvalue weighted by atomic mass is 10.2. The Morgan fingerprint density at radius 2 is 1.76 bits per heavy atom. The van der Waals surface area contributed by atoms with Gasteiger partial charge in [0.15, 0.2) is 11.8 Å². The average Bonchev–Trinajstić information content (AvgIpc) is 3.17. The third-order valence-corrected chi connectivity index (χ3v) is 3.78. The minimum Gasteiger partial charge on any atom is -0.497 e. The minimum absolute atomic E-state index is 0. The summed E-state index contributed by atoms with van der Waals surface area (Å²) in [5.74, 6) is 3.10. The molecule has 1 aromatic heterocycles. The molecule has 0 unspecified atom stereocenters. The first-order chi connectivity index (χ1) is 13.5. The van der Waals surface area contributed by atoms with Gasteiger partial charge in [0.05, 0.1) is 13.2 Å². The molecule has 9 heteroatoms. The van der Waals surface area contributed by atoms with E-state index in [9.17, 15) is 0 Å². The number of methoxy groups -OCH3 is 1. The Balaban J connectivity index is 0.00000300. The van der Waals surface area contributed by atoms with Gasteiger partial charge >= 0.3 is 0 Å². The third kappa shape index (κ3) is 6.63. The zero-order valence-corrected chi connectivity index (χ0v) is 18.9. The highest BCUT2D eigenvalue weighted by Gasteiger charge is 2.06. The molecule has 0 aliphatic carbocycles. The van der Waals surface area contributed by atoms with Crippen LogP contribution in [0.15, 0.2) is 53.5 Å². The Morgan fingerprint density at radius 1 is 1.10 bits per heavy atom. The number of H-pyrrole nitrogens is 1. The van der Waals surface area contributed by atoms with E-state index >= 15 is 0 Å². The van der Waals surface area contributed by atoms with Crippen molar-refractivity contribution in [3.05, 3.63) is 54.4 Å².